The van der Waals surface area contributed by atoms with Crippen molar-refractivity contribution < 1.29 is 4.39 Å². The quantitative estimate of drug-likeness (QED) is 0.610. The van der Waals surface area contributed by atoms with Crippen LogP contribution in [0.5, 0.6) is 0 Å². The van der Waals surface area contributed by atoms with Crippen molar-refractivity contribution in [3.8, 4) is 0 Å². The van der Waals surface area contributed by atoms with Crippen LogP contribution in [0.2, 0.25) is 0 Å². The lowest BCUT2D eigenvalue weighted by molar-refractivity contribution is 0.603. The lowest BCUT2D eigenvalue weighted by Crippen LogP contribution is -2.40. The van der Waals surface area contributed by atoms with Crippen LogP contribution in [-0.2, 0) is 0 Å². The molecule has 0 spiro atoms. The van der Waals surface area contributed by atoms with Gasteiger partial charge in [-0.3, -0.25) is 0 Å². The van der Waals surface area contributed by atoms with E-state index in [4.69, 9.17) is 0 Å². The molecule has 0 bridgehead atoms. The molecule has 0 amide bonds. The summed E-state index contributed by atoms with van der Waals surface area (Å²) in [5.74, 6) is 0.200. The first-order valence-electron chi connectivity index (χ1n) is 4.20. The molecule has 1 aliphatic rings. The van der Waals surface area contributed by atoms with Gasteiger partial charge in [0.2, 0.25) is 0 Å². The molecule has 3 heteroatoms. The number of anilines is 1. The number of aryl methyl sites for hydroxylation is 1. The number of pyridine rings is 1. The van der Waals surface area contributed by atoms with Crippen molar-refractivity contribution in [2.24, 2.45) is 0 Å². The van der Waals surface area contributed by atoms with Gasteiger partial charge in [0.25, 0.3) is 0 Å². The van der Waals surface area contributed by atoms with Gasteiger partial charge in [-0.25, -0.2) is 9.37 Å². The summed E-state index contributed by atoms with van der Waals surface area (Å²) in [6.45, 7) is 7.08. The first-order chi connectivity index (χ1) is 6.16. The van der Waals surface area contributed by atoms with E-state index in [2.05, 4.69) is 11.6 Å². The van der Waals surface area contributed by atoms with Crippen LogP contribution in [0, 0.1) is 12.7 Å². The molecule has 0 aromatic carbocycles. The van der Waals surface area contributed by atoms with E-state index in [0.717, 1.165) is 24.2 Å². The van der Waals surface area contributed by atoms with Gasteiger partial charge in [0.05, 0.1) is 0 Å². The highest BCUT2D eigenvalue weighted by molar-refractivity contribution is 5.48. The molecule has 0 aliphatic carbocycles. The van der Waals surface area contributed by atoms with E-state index in [1.165, 1.54) is 6.07 Å². The summed E-state index contributed by atoms with van der Waals surface area (Å²) < 4.78 is 13.3. The molecule has 2 rings (SSSR count). The predicted octanol–water partition coefficient (Wildman–Crippen LogP) is 1.91. The third-order valence-electron chi connectivity index (χ3n) is 2.09. The van der Waals surface area contributed by atoms with Gasteiger partial charge in [-0.15, -0.1) is 0 Å². The monoisotopic (exact) mass is 178 g/mol. The zero-order valence-corrected chi connectivity index (χ0v) is 7.55. The molecule has 1 fully saturated rings. The Hall–Kier alpha value is -1.38. The molecule has 0 saturated carbocycles. The second-order valence-corrected chi connectivity index (χ2v) is 3.42. The third kappa shape index (κ3) is 1.41. The van der Waals surface area contributed by atoms with Crippen molar-refractivity contribution >= 4 is 5.82 Å². The van der Waals surface area contributed by atoms with Gasteiger partial charge in [-0.2, -0.15) is 0 Å². The van der Waals surface area contributed by atoms with Crippen molar-refractivity contribution in [3.05, 3.63) is 35.8 Å². The predicted molar refractivity (Wildman–Crippen MR) is 50.3 cm³/mol. The van der Waals surface area contributed by atoms with E-state index >= 15 is 0 Å². The van der Waals surface area contributed by atoms with Gasteiger partial charge >= 0.3 is 0 Å². The molecule has 1 aromatic heterocycles. The molecule has 2 nitrogen and oxygen atoms in total. The maximum absolute atomic E-state index is 13.3. The zero-order valence-electron chi connectivity index (χ0n) is 7.55. The average molecular weight is 178 g/mol. The highest BCUT2D eigenvalue weighted by Crippen LogP contribution is 2.23. The van der Waals surface area contributed by atoms with Gasteiger partial charge in [0, 0.05) is 19.3 Å². The SMILES string of the molecule is C=C1CN(c2ncc(C)cc2F)C1. The molecule has 2 heterocycles. The van der Waals surface area contributed by atoms with Crippen molar-refractivity contribution in [2.75, 3.05) is 18.0 Å². The highest BCUT2D eigenvalue weighted by Gasteiger charge is 2.22. The average Bonchev–Trinajstić information content (AvgIpc) is 2.00. The van der Waals surface area contributed by atoms with Crippen molar-refractivity contribution in [3.63, 3.8) is 0 Å². The van der Waals surface area contributed by atoms with Crippen LogP contribution >= 0.6 is 0 Å². The smallest absolute Gasteiger partial charge is 0.165 e. The van der Waals surface area contributed by atoms with E-state index in [0.29, 0.717) is 5.82 Å². The van der Waals surface area contributed by atoms with E-state index in [9.17, 15) is 4.39 Å². The van der Waals surface area contributed by atoms with Crippen LogP contribution in [0.15, 0.2) is 24.4 Å². The molecular formula is C10H11FN2. The molecular weight excluding hydrogens is 167 g/mol. The van der Waals surface area contributed by atoms with Crippen LogP contribution in [-0.4, -0.2) is 18.1 Å². The molecule has 0 atom stereocenters. The normalized spacial score (nSPS) is 15.8. The van der Waals surface area contributed by atoms with E-state index in [1.807, 2.05) is 11.8 Å². The summed E-state index contributed by atoms with van der Waals surface area (Å²) in [5, 5.41) is 0. The van der Waals surface area contributed by atoms with Crippen molar-refractivity contribution in [2.45, 2.75) is 6.92 Å². The maximum Gasteiger partial charge on any atom is 0.165 e. The summed E-state index contributed by atoms with van der Waals surface area (Å²) in [7, 11) is 0. The number of hydrogen-bond acceptors (Lipinski definition) is 2. The summed E-state index contributed by atoms with van der Waals surface area (Å²) in [6.07, 6.45) is 1.68. The first-order valence-corrected chi connectivity index (χ1v) is 4.20. The summed E-state index contributed by atoms with van der Waals surface area (Å²) in [6, 6.07) is 1.50. The van der Waals surface area contributed by atoms with Crippen LogP contribution < -0.4 is 4.90 Å². The molecule has 0 radical (unpaired) electrons. The Morgan fingerprint density at radius 3 is 2.77 bits per heavy atom. The third-order valence-corrected chi connectivity index (χ3v) is 2.09. The van der Waals surface area contributed by atoms with E-state index in [-0.39, 0.29) is 5.82 Å². The number of halogens is 1. The second kappa shape index (κ2) is 2.83. The van der Waals surface area contributed by atoms with Crippen LogP contribution in [0.25, 0.3) is 0 Å². The van der Waals surface area contributed by atoms with Gasteiger partial charge in [0.15, 0.2) is 11.6 Å². The standard InChI is InChI=1S/C10H11FN2/c1-7-3-9(11)10(12-4-7)13-5-8(2)6-13/h3-4H,2,5-6H2,1H3. The minimum absolute atomic E-state index is 0.243. The van der Waals surface area contributed by atoms with Crippen molar-refractivity contribution in [1.82, 2.24) is 4.98 Å². The molecule has 1 saturated heterocycles. The molecule has 0 N–H and O–H groups in total. The Kier molecular flexibility index (Phi) is 1.79. The zero-order chi connectivity index (χ0) is 9.42. The summed E-state index contributed by atoms with van der Waals surface area (Å²) in [4.78, 5) is 5.92. The van der Waals surface area contributed by atoms with Crippen LogP contribution in [0.4, 0.5) is 10.2 Å². The lowest BCUT2D eigenvalue weighted by atomic mass is 10.1. The Balaban J connectivity index is 2.26. The molecule has 68 valence electrons. The molecule has 1 aromatic rings. The maximum atomic E-state index is 13.3. The molecule has 0 unspecified atom stereocenters. The van der Waals surface area contributed by atoms with Crippen molar-refractivity contribution in [1.29, 1.82) is 0 Å². The topological polar surface area (TPSA) is 16.1 Å². The molecule has 13 heavy (non-hydrogen) atoms. The van der Waals surface area contributed by atoms with Crippen LogP contribution in [0.3, 0.4) is 0 Å². The minimum Gasteiger partial charge on any atom is -0.346 e. The van der Waals surface area contributed by atoms with Crippen LogP contribution in [0.1, 0.15) is 5.56 Å². The van der Waals surface area contributed by atoms with Gasteiger partial charge in [-0.1, -0.05) is 6.58 Å². The Labute approximate surface area is 76.7 Å². The Morgan fingerprint density at radius 2 is 2.23 bits per heavy atom. The number of nitrogens with zero attached hydrogens (tertiary/aromatic N) is 2. The number of aromatic nitrogens is 1. The van der Waals surface area contributed by atoms with E-state index in [1.54, 1.807) is 6.20 Å². The van der Waals surface area contributed by atoms with Gasteiger partial charge < -0.3 is 4.90 Å². The fourth-order valence-corrected chi connectivity index (χ4v) is 1.40. The Morgan fingerprint density at radius 1 is 1.54 bits per heavy atom. The summed E-state index contributed by atoms with van der Waals surface area (Å²) >= 11 is 0. The number of hydrogen-bond donors (Lipinski definition) is 0. The largest absolute Gasteiger partial charge is 0.346 e. The van der Waals surface area contributed by atoms with E-state index < -0.39 is 0 Å². The van der Waals surface area contributed by atoms with Gasteiger partial charge in [0.1, 0.15) is 0 Å². The molecule has 1 aliphatic heterocycles. The first kappa shape index (κ1) is 8.23. The second-order valence-electron chi connectivity index (χ2n) is 3.42. The Bertz CT molecular complexity index is 352. The van der Waals surface area contributed by atoms with Gasteiger partial charge in [-0.05, 0) is 24.1 Å². The summed E-state index contributed by atoms with van der Waals surface area (Å²) in [5.41, 5.74) is 1.97. The minimum atomic E-state index is -0.243. The number of rotatable bonds is 1. The fourth-order valence-electron chi connectivity index (χ4n) is 1.40. The highest BCUT2D eigenvalue weighted by atomic mass is 19.1. The fraction of sp³-hybridized carbons (Fsp3) is 0.300. The lowest BCUT2D eigenvalue weighted by Gasteiger charge is -2.34.